The lowest BCUT2D eigenvalue weighted by molar-refractivity contribution is 0.0706. The van der Waals surface area contributed by atoms with Crippen LogP contribution in [0.15, 0.2) is 47.1 Å². The van der Waals surface area contributed by atoms with Gasteiger partial charge in [0.05, 0.1) is 0 Å². The number of likely N-dealkylation sites (tertiary alicyclic amines) is 1. The van der Waals surface area contributed by atoms with Gasteiger partial charge in [0.2, 0.25) is 11.8 Å². The molecule has 0 aliphatic carbocycles. The van der Waals surface area contributed by atoms with Gasteiger partial charge in [0.15, 0.2) is 5.82 Å². The van der Waals surface area contributed by atoms with Crippen molar-refractivity contribution in [1.82, 2.24) is 34.7 Å². The quantitative estimate of drug-likeness (QED) is 0.530. The summed E-state index contributed by atoms with van der Waals surface area (Å²) in [6, 6.07) is 9.29. The van der Waals surface area contributed by atoms with Crippen LogP contribution in [0.3, 0.4) is 0 Å². The lowest BCUT2D eigenvalue weighted by Crippen LogP contribution is -2.38. The summed E-state index contributed by atoms with van der Waals surface area (Å²) in [5, 5.41) is 16.3. The molecule has 3 aromatic heterocycles. The number of hydrogen-bond acceptors (Lipinski definition) is 7. The minimum absolute atomic E-state index is 0.0319. The van der Waals surface area contributed by atoms with Crippen LogP contribution in [-0.2, 0) is 0 Å². The molecule has 9 heteroatoms. The number of amides is 1. The van der Waals surface area contributed by atoms with Crippen LogP contribution in [0.2, 0.25) is 0 Å². The van der Waals surface area contributed by atoms with Gasteiger partial charge < -0.3 is 9.32 Å². The van der Waals surface area contributed by atoms with Crippen LogP contribution in [0.5, 0.6) is 0 Å². The topological polar surface area (TPSA) is 102 Å². The second-order valence-corrected chi connectivity index (χ2v) is 7.12. The van der Waals surface area contributed by atoms with E-state index in [1.54, 1.807) is 13.1 Å². The number of benzene rings is 1. The summed E-state index contributed by atoms with van der Waals surface area (Å²) in [6.45, 7) is 3.14. The first-order chi connectivity index (χ1) is 14.2. The van der Waals surface area contributed by atoms with Crippen LogP contribution in [0, 0.1) is 6.92 Å². The predicted octanol–water partition coefficient (Wildman–Crippen LogP) is 2.50. The maximum absolute atomic E-state index is 12.9. The molecule has 29 heavy (non-hydrogen) atoms. The molecule has 1 aromatic carbocycles. The molecule has 4 aromatic rings. The summed E-state index contributed by atoms with van der Waals surface area (Å²) in [7, 11) is 0. The Morgan fingerprint density at radius 1 is 1.07 bits per heavy atom. The van der Waals surface area contributed by atoms with Gasteiger partial charge in [-0.2, -0.15) is 0 Å². The standard InChI is InChI=1S/C20H19N7O2/c1-13-22-24-18(29-13)15-7-11-26(12-8-15)19(28)16-5-3-14(4-6-16)17-23-25-20-21-9-2-10-27(17)20/h2-6,9-10,15H,7-8,11-12H2,1H3. The minimum atomic E-state index is 0.0319. The van der Waals surface area contributed by atoms with Gasteiger partial charge in [-0.25, -0.2) is 4.98 Å². The van der Waals surface area contributed by atoms with Crippen molar-refractivity contribution in [2.24, 2.45) is 0 Å². The van der Waals surface area contributed by atoms with Crippen molar-refractivity contribution in [1.29, 1.82) is 0 Å². The van der Waals surface area contributed by atoms with Crippen molar-refractivity contribution in [2.45, 2.75) is 25.7 Å². The fourth-order valence-electron chi connectivity index (χ4n) is 3.69. The predicted molar refractivity (Wildman–Crippen MR) is 103 cm³/mol. The third kappa shape index (κ3) is 3.24. The van der Waals surface area contributed by atoms with E-state index >= 15 is 0 Å². The highest BCUT2D eigenvalue weighted by Crippen LogP contribution is 2.28. The van der Waals surface area contributed by atoms with Crippen LogP contribution in [0.25, 0.3) is 17.2 Å². The molecule has 4 heterocycles. The molecule has 9 nitrogen and oxygen atoms in total. The van der Waals surface area contributed by atoms with E-state index in [1.165, 1.54) is 0 Å². The second kappa shape index (κ2) is 7.08. The minimum Gasteiger partial charge on any atom is -0.425 e. The van der Waals surface area contributed by atoms with Gasteiger partial charge in [-0.1, -0.05) is 12.1 Å². The van der Waals surface area contributed by atoms with Crippen molar-refractivity contribution < 1.29 is 9.21 Å². The highest BCUT2D eigenvalue weighted by molar-refractivity contribution is 5.94. The van der Waals surface area contributed by atoms with Gasteiger partial charge in [-0.05, 0) is 31.0 Å². The average molecular weight is 389 g/mol. The van der Waals surface area contributed by atoms with E-state index in [4.69, 9.17) is 4.42 Å². The van der Waals surface area contributed by atoms with Crippen LogP contribution < -0.4 is 0 Å². The first-order valence-electron chi connectivity index (χ1n) is 9.54. The molecule has 1 fully saturated rings. The van der Waals surface area contributed by atoms with Crippen molar-refractivity contribution in [2.75, 3.05) is 13.1 Å². The first kappa shape index (κ1) is 17.5. The number of aromatic nitrogens is 6. The monoisotopic (exact) mass is 389 g/mol. The molecule has 5 rings (SSSR count). The molecule has 0 spiro atoms. The van der Waals surface area contributed by atoms with E-state index in [1.807, 2.05) is 45.8 Å². The number of rotatable bonds is 3. The Balaban J connectivity index is 1.28. The molecule has 0 unspecified atom stereocenters. The molecule has 0 bridgehead atoms. The molecular formula is C20H19N7O2. The zero-order chi connectivity index (χ0) is 19.8. The van der Waals surface area contributed by atoms with Crippen molar-refractivity contribution in [3.63, 3.8) is 0 Å². The van der Waals surface area contributed by atoms with E-state index < -0.39 is 0 Å². The third-order valence-electron chi connectivity index (χ3n) is 5.25. The summed E-state index contributed by atoms with van der Waals surface area (Å²) in [5.74, 6) is 2.75. The summed E-state index contributed by atoms with van der Waals surface area (Å²) in [5.41, 5.74) is 1.54. The molecule has 0 atom stereocenters. The Hall–Kier alpha value is -3.62. The summed E-state index contributed by atoms with van der Waals surface area (Å²) in [4.78, 5) is 18.9. The molecule has 1 aliphatic heterocycles. The van der Waals surface area contributed by atoms with Gasteiger partial charge in [-0.15, -0.1) is 20.4 Å². The van der Waals surface area contributed by atoms with Gasteiger partial charge in [0, 0.05) is 49.5 Å². The van der Waals surface area contributed by atoms with E-state index in [-0.39, 0.29) is 11.8 Å². The van der Waals surface area contributed by atoms with Gasteiger partial charge in [0.25, 0.3) is 11.7 Å². The third-order valence-corrected chi connectivity index (χ3v) is 5.25. The SMILES string of the molecule is Cc1nnc(C2CCN(C(=O)c3ccc(-c4nnc5ncccn45)cc3)CC2)o1. The van der Waals surface area contributed by atoms with Gasteiger partial charge in [0.1, 0.15) is 0 Å². The number of nitrogens with zero attached hydrogens (tertiary/aromatic N) is 7. The maximum Gasteiger partial charge on any atom is 0.255 e. The summed E-state index contributed by atoms with van der Waals surface area (Å²) >= 11 is 0. The number of hydrogen-bond donors (Lipinski definition) is 0. The molecular weight excluding hydrogens is 370 g/mol. The average Bonchev–Trinajstić information content (AvgIpc) is 3.40. The number of piperidine rings is 1. The van der Waals surface area contributed by atoms with E-state index in [0.717, 1.165) is 18.4 Å². The van der Waals surface area contributed by atoms with E-state index in [9.17, 15) is 4.79 Å². The Bertz CT molecular complexity index is 1160. The van der Waals surface area contributed by atoms with Crippen molar-refractivity contribution in [3.05, 3.63) is 60.1 Å². The fraction of sp³-hybridized carbons (Fsp3) is 0.300. The van der Waals surface area contributed by atoms with Crippen LogP contribution >= 0.6 is 0 Å². The van der Waals surface area contributed by atoms with Gasteiger partial charge in [-0.3, -0.25) is 9.20 Å². The van der Waals surface area contributed by atoms with Gasteiger partial charge >= 0.3 is 0 Å². The molecule has 1 saturated heterocycles. The normalized spacial score (nSPS) is 15.1. The number of carbonyl (C=O) groups excluding carboxylic acids is 1. The Labute approximate surface area is 166 Å². The molecule has 1 aliphatic rings. The zero-order valence-electron chi connectivity index (χ0n) is 15.9. The first-order valence-corrected chi connectivity index (χ1v) is 9.54. The molecule has 1 amide bonds. The lowest BCUT2D eigenvalue weighted by atomic mass is 9.96. The Morgan fingerprint density at radius 3 is 2.59 bits per heavy atom. The summed E-state index contributed by atoms with van der Waals surface area (Å²) < 4.78 is 7.36. The maximum atomic E-state index is 12.9. The number of carbonyl (C=O) groups is 1. The van der Waals surface area contributed by atoms with Crippen LogP contribution in [0.4, 0.5) is 0 Å². The van der Waals surface area contributed by atoms with Crippen LogP contribution in [0.1, 0.15) is 40.9 Å². The highest BCUT2D eigenvalue weighted by Gasteiger charge is 2.27. The molecule has 0 saturated carbocycles. The van der Waals surface area contributed by atoms with E-state index in [2.05, 4.69) is 25.4 Å². The highest BCUT2D eigenvalue weighted by atomic mass is 16.4. The smallest absolute Gasteiger partial charge is 0.255 e. The van der Waals surface area contributed by atoms with E-state index in [0.29, 0.717) is 42.0 Å². The molecule has 0 N–H and O–H groups in total. The number of aryl methyl sites for hydroxylation is 1. The van der Waals surface area contributed by atoms with Crippen LogP contribution in [-0.4, -0.2) is 53.7 Å². The van der Waals surface area contributed by atoms with Crippen molar-refractivity contribution >= 4 is 11.7 Å². The lowest BCUT2D eigenvalue weighted by Gasteiger charge is -2.30. The second-order valence-electron chi connectivity index (χ2n) is 7.12. The van der Waals surface area contributed by atoms with Crippen molar-refractivity contribution in [3.8, 4) is 11.4 Å². The summed E-state index contributed by atoms with van der Waals surface area (Å²) in [6.07, 6.45) is 5.19. The Kier molecular flexibility index (Phi) is 4.27. The number of fused-ring (bicyclic) bond motifs is 1. The molecule has 0 radical (unpaired) electrons. The fourth-order valence-corrected chi connectivity index (χ4v) is 3.69. The largest absolute Gasteiger partial charge is 0.425 e. The molecule has 146 valence electrons. The Morgan fingerprint density at radius 2 is 1.86 bits per heavy atom. The zero-order valence-corrected chi connectivity index (χ0v) is 15.9.